The predicted molar refractivity (Wildman–Crippen MR) is 57.3 cm³/mol. The Labute approximate surface area is 94.5 Å². The predicted octanol–water partition coefficient (Wildman–Crippen LogP) is 1.06. The van der Waals surface area contributed by atoms with Crippen LogP contribution in [0.2, 0.25) is 0 Å². The van der Waals surface area contributed by atoms with Crippen LogP contribution in [0, 0.1) is 11.8 Å². The minimum absolute atomic E-state index is 0.0810. The third-order valence-corrected chi connectivity index (χ3v) is 5.42. The van der Waals surface area contributed by atoms with E-state index >= 15 is 0 Å². The normalized spacial score (nSPS) is 34.8. The first-order valence-electron chi connectivity index (χ1n) is 5.70. The maximum Gasteiger partial charge on any atom is 0.263 e. The van der Waals surface area contributed by atoms with Gasteiger partial charge in [-0.25, -0.2) is 17.2 Å². The second-order valence-electron chi connectivity index (χ2n) is 4.82. The molecule has 2 aliphatic heterocycles. The molecule has 0 aliphatic carbocycles. The van der Waals surface area contributed by atoms with Crippen LogP contribution in [-0.4, -0.2) is 38.9 Å². The van der Waals surface area contributed by atoms with Crippen molar-refractivity contribution < 1.29 is 17.2 Å². The lowest BCUT2D eigenvalue weighted by molar-refractivity contribution is -0.0962. The Kier molecular flexibility index (Phi) is 3.22. The SMILES string of the molecule is O=S1(=O)CCC(C2CCNCC2(F)F)CC1. The molecule has 2 heterocycles. The molecule has 2 rings (SSSR count). The Morgan fingerprint density at radius 1 is 1.12 bits per heavy atom. The van der Waals surface area contributed by atoms with Crippen molar-refractivity contribution in [2.45, 2.75) is 25.2 Å². The zero-order valence-corrected chi connectivity index (χ0v) is 9.90. The van der Waals surface area contributed by atoms with E-state index in [1.165, 1.54) is 0 Å². The molecule has 1 unspecified atom stereocenters. The summed E-state index contributed by atoms with van der Waals surface area (Å²) >= 11 is 0. The minimum Gasteiger partial charge on any atom is -0.311 e. The van der Waals surface area contributed by atoms with E-state index in [2.05, 4.69) is 5.32 Å². The largest absolute Gasteiger partial charge is 0.311 e. The molecule has 16 heavy (non-hydrogen) atoms. The number of hydrogen-bond acceptors (Lipinski definition) is 3. The van der Waals surface area contributed by atoms with Crippen molar-refractivity contribution in [1.82, 2.24) is 5.32 Å². The Morgan fingerprint density at radius 2 is 1.75 bits per heavy atom. The lowest BCUT2D eigenvalue weighted by Gasteiger charge is -2.38. The summed E-state index contributed by atoms with van der Waals surface area (Å²) in [6.45, 7) is 0.352. The van der Waals surface area contributed by atoms with Gasteiger partial charge in [0.25, 0.3) is 5.92 Å². The van der Waals surface area contributed by atoms with Crippen LogP contribution < -0.4 is 5.32 Å². The van der Waals surface area contributed by atoms with Crippen molar-refractivity contribution in [1.29, 1.82) is 0 Å². The van der Waals surface area contributed by atoms with Crippen molar-refractivity contribution in [3.8, 4) is 0 Å². The molecular weight excluding hydrogens is 236 g/mol. The fraction of sp³-hybridized carbons (Fsp3) is 1.00. The molecule has 2 aliphatic rings. The average Bonchev–Trinajstić information content (AvgIpc) is 2.18. The van der Waals surface area contributed by atoms with E-state index in [1.807, 2.05) is 0 Å². The number of sulfone groups is 1. The molecule has 0 aromatic rings. The van der Waals surface area contributed by atoms with Crippen LogP contribution in [0.1, 0.15) is 19.3 Å². The first kappa shape index (κ1) is 12.2. The topological polar surface area (TPSA) is 46.2 Å². The van der Waals surface area contributed by atoms with Gasteiger partial charge in [0, 0.05) is 5.92 Å². The van der Waals surface area contributed by atoms with Gasteiger partial charge in [-0.3, -0.25) is 0 Å². The van der Waals surface area contributed by atoms with Gasteiger partial charge in [-0.15, -0.1) is 0 Å². The van der Waals surface area contributed by atoms with Crippen LogP contribution in [0.25, 0.3) is 0 Å². The third kappa shape index (κ3) is 2.53. The molecule has 0 bridgehead atoms. The summed E-state index contributed by atoms with van der Waals surface area (Å²) in [4.78, 5) is 0. The number of nitrogens with one attached hydrogen (secondary N) is 1. The number of hydrogen-bond donors (Lipinski definition) is 1. The number of alkyl halides is 2. The molecule has 0 aromatic carbocycles. The minimum atomic E-state index is -2.95. The molecule has 2 saturated heterocycles. The fourth-order valence-corrected chi connectivity index (χ4v) is 4.27. The zero-order valence-electron chi connectivity index (χ0n) is 9.09. The van der Waals surface area contributed by atoms with Gasteiger partial charge in [-0.2, -0.15) is 0 Å². The van der Waals surface area contributed by atoms with Gasteiger partial charge in [0.05, 0.1) is 18.1 Å². The first-order chi connectivity index (χ1) is 7.41. The maximum atomic E-state index is 13.6. The fourth-order valence-electron chi connectivity index (χ4n) is 2.75. The highest BCUT2D eigenvalue weighted by molar-refractivity contribution is 7.91. The molecule has 0 spiro atoms. The average molecular weight is 253 g/mol. The van der Waals surface area contributed by atoms with E-state index in [4.69, 9.17) is 0 Å². The molecule has 0 aromatic heterocycles. The molecule has 1 N–H and O–H groups in total. The van der Waals surface area contributed by atoms with Crippen LogP contribution in [0.15, 0.2) is 0 Å². The smallest absolute Gasteiger partial charge is 0.263 e. The Balaban J connectivity index is 2.02. The van der Waals surface area contributed by atoms with E-state index in [0.29, 0.717) is 25.8 Å². The zero-order chi connectivity index (χ0) is 11.8. The highest BCUT2D eigenvalue weighted by Gasteiger charge is 2.46. The highest BCUT2D eigenvalue weighted by atomic mass is 32.2. The van der Waals surface area contributed by atoms with E-state index in [0.717, 1.165) is 0 Å². The third-order valence-electron chi connectivity index (χ3n) is 3.70. The number of halogens is 2. The summed E-state index contributed by atoms with van der Waals surface area (Å²) in [5.41, 5.74) is 0. The van der Waals surface area contributed by atoms with E-state index in [1.54, 1.807) is 0 Å². The molecule has 6 heteroatoms. The second-order valence-corrected chi connectivity index (χ2v) is 7.13. The lowest BCUT2D eigenvalue weighted by Crippen LogP contribution is -2.50. The first-order valence-corrected chi connectivity index (χ1v) is 7.52. The molecule has 3 nitrogen and oxygen atoms in total. The van der Waals surface area contributed by atoms with Gasteiger partial charge >= 0.3 is 0 Å². The van der Waals surface area contributed by atoms with Crippen molar-refractivity contribution in [2.24, 2.45) is 11.8 Å². The standard InChI is InChI=1S/C10H17F2NO2S/c11-10(12)7-13-4-1-9(10)8-2-5-16(14,15)6-3-8/h8-9,13H,1-7H2. The molecule has 0 radical (unpaired) electrons. The monoisotopic (exact) mass is 253 g/mol. The summed E-state index contributed by atoms with van der Waals surface area (Å²) < 4.78 is 49.7. The maximum absolute atomic E-state index is 13.6. The number of piperidine rings is 1. The van der Waals surface area contributed by atoms with E-state index < -0.39 is 21.7 Å². The van der Waals surface area contributed by atoms with E-state index in [9.17, 15) is 17.2 Å². The van der Waals surface area contributed by atoms with Gasteiger partial charge in [0.15, 0.2) is 0 Å². The molecule has 2 fully saturated rings. The summed E-state index contributed by atoms with van der Waals surface area (Å²) in [6.07, 6.45) is 1.27. The second kappa shape index (κ2) is 4.22. The van der Waals surface area contributed by atoms with Gasteiger partial charge in [0.2, 0.25) is 0 Å². The van der Waals surface area contributed by atoms with Crippen LogP contribution in [0.5, 0.6) is 0 Å². The summed E-state index contributed by atoms with van der Waals surface area (Å²) in [7, 11) is -2.95. The van der Waals surface area contributed by atoms with Crippen molar-refractivity contribution >= 4 is 9.84 Å². The molecular formula is C10H17F2NO2S. The summed E-state index contributed by atoms with van der Waals surface area (Å²) in [5, 5.41) is 2.69. The van der Waals surface area contributed by atoms with Crippen LogP contribution in [0.4, 0.5) is 8.78 Å². The van der Waals surface area contributed by atoms with Crippen molar-refractivity contribution in [2.75, 3.05) is 24.6 Å². The Morgan fingerprint density at radius 3 is 2.31 bits per heavy atom. The molecule has 1 atom stereocenters. The Hall–Kier alpha value is -0.230. The van der Waals surface area contributed by atoms with Gasteiger partial charge in [0.1, 0.15) is 9.84 Å². The lowest BCUT2D eigenvalue weighted by atomic mass is 9.79. The van der Waals surface area contributed by atoms with Crippen molar-refractivity contribution in [3.63, 3.8) is 0 Å². The number of rotatable bonds is 1. The van der Waals surface area contributed by atoms with Crippen LogP contribution in [0.3, 0.4) is 0 Å². The highest BCUT2D eigenvalue weighted by Crippen LogP contribution is 2.39. The summed E-state index contributed by atoms with van der Waals surface area (Å²) in [5.74, 6) is -3.27. The quantitative estimate of drug-likeness (QED) is 0.760. The van der Waals surface area contributed by atoms with E-state index in [-0.39, 0.29) is 24.0 Å². The van der Waals surface area contributed by atoms with Crippen molar-refractivity contribution in [3.05, 3.63) is 0 Å². The van der Waals surface area contributed by atoms with Crippen LogP contribution >= 0.6 is 0 Å². The Bertz CT molecular complexity index is 342. The van der Waals surface area contributed by atoms with Gasteiger partial charge < -0.3 is 5.32 Å². The molecule has 0 amide bonds. The van der Waals surface area contributed by atoms with Gasteiger partial charge in [-0.05, 0) is 31.7 Å². The van der Waals surface area contributed by atoms with Crippen LogP contribution in [-0.2, 0) is 9.84 Å². The van der Waals surface area contributed by atoms with Gasteiger partial charge in [-0.1, -0.05) is 0 Å². The summed E-state index contributed by atoms with van der Waals surface area (Å²) in [6, 6.07) is 0. The molecule has 94 valence electrons. The molecule has 0 saturated carbocycles.